The number of nitrogens with zero attached hydrogens (tertiary/aromatic N) is 1. The molecule has 1 atom stereocenters. The number of nitrogens with one attached hydrogen (secondary N) is 2. The van der Waals surface area contributed by atoms with Crippen LogP contribution in [0.1, 0.15) is 46.0 Å². The Labute approximate surface area is 147 Å². The van der Waals surface area contributed by atoms with E-state index in [2.05, 4.69) is 12.2 Å². The number of carbonyl (C=O) groups excluding carboxylic acids is 1. The molecule has 0 aromatic heterocycles. The van der Waals surface area contributed by atoms with Crippen LogP contribution in [0.25, 0.3) is 0 Å². The number of hydrogen-bond donors (Lipinski definition) is 2. The number of likely N-dealkylation sites (tertiary alicyclic amines) is 1. The molecule has 2 saturated heterocycles. The minimum absolute atomic E-state index is 0.0215. The van der Waals surface area contributed by atoms with Crippen LogP contribution in [0, 0.1) is 11.8 Å². The molecule has 2 aliphatic heterocycles. The Bertz CT molecular complexity index is 501. The summed E-state index contributed by atoms with van der Waals surface area (Å²) in [5.41, 5.74) is 0. The minimum Gasteiger partial charge on any atom is -0.356 e. The van der Waals surface area contributed by atoms with Gasteiger partial charge in [-0.3, -0.25) is 4.79 Å². The van der Waals surface area contributed by atoms with Crippen molar-refractivity contribution in [1.29, 1.82) is 0 Å². The van der Waals surface area contributed by atoms with Crippen molar-refractivity contribution in [3.63, 3.8) is 0 Å². The Hall–Kier alpha value is -0.660. The first-order chi connectivity index (χ1) is 11.4. The van der Waals surface area contributed by atoms with Crippen LogP contribution in [0.4, 0.5) is 0 Å². The van der Waals surface area contributed by atoms with Crippen LogP contribution >= 0.6 is 0 Å². The van der Waals surface area contributed by atoms with Crippen LogP contribution in [-0.4, -0.2) is 63.7 Å². The fourth-order valence-corrected chi connectivity index (χ4v) is 4.89. The van der Waals surface area contributed by atoms with Gasteiger partial charge >= 0.3 is 0 Å². The van der Waals surface area contributed by atoms with Gasteiger partial charge in [0.15, 0.2) is 0 Å². The van der Waals surface area contributed by atoms with Gasteiger partial charge in [0.05, 0.1) is 31.3 Å². The zero-order chi connectivity index (χ0) is 17.6. The molecule has 2 heterocycles. The molecule has 0 aliphatic carbocycles. The average Bonchev–Trinajstić information content (AvgIpc) is 2.60. The SMILES string of the molecule is CCS(=O)(=O)N1CCCC(C(=O)NCCC[NH+]2CCC(C)CC2)C1. The van der Waals surface area contributed by atoms with E-state index >= 15 is 0 Å². The summed E-state index contributed by atoms with van der Waals surface area (Å²) in [6, 6.07) is 0. The maximum Gasteiger partial charge on any atom is 0.224 e. The molecule has 6 nitrogen and oxygen atoms in total. The molecule has 2 fully saturated rings. The van der Waals surface area contributed by atoms with E-state index in [-0.39, 0.29) is 17.6 Å². The quantitative estimate of drug-likeness (QED) is 0.622. The van der Waals surface area contributed by atoms with Gasteiger partial charge in [-0.2, -0.15) is 0 Å². The number of hydrogen-bond acceptors (Lipinski definition) is 3. The van der Waals surface area contributed by atoms with Gasteiger partial charge in [-0.1, -0.05) is 6.92 Å². The molecule has 0 radical (unpaired) electrons. The van der Waals surface area contributed by atoms with Crippen LogP contribution in [0.2, 0.25) is 0 Å². The summed E-state index contributed by atoms with van der Waals surface area (Å²) in [5.74, 6) is 0.803. The summed E-state index contributed by atoms with van der Waals surface area (Å²) in [5, 5.41) is 3.02. The molecule has 0 aromatic carbocycles. The Kier molecular flexibility index (Phi) is 7.50. The lowest BCUT2D eigenvalue weighted by molar-refractivity contribution is -0.906. The van der Waals surface area contributed by atoms with E-state index in [0.29, 0.717) is 19.6 Å². The zero-order valence-electron chi connectivity index (χ0n) is 15.2. The summed E-state index contributed by atoms with van der Waals surface area (Å²) in [6.45, 7) is 9.20. The lowest BCUT2D eigenvalue weighted by atomic mass is 9.98. The van der Waals surface area contributed by atoms with E-state index in [0.717, 1.165) is 31.7 Å². The Morgan fingerprint density at radius 1 is 1.25 bits per heavy atom. The first kappa shape index (κ1) is 19.7. The number of sulfonamides is 1. The molecule has 0 bridgehead atoms. The molecule has 7 heteroatoms. The van der Waals surface area contributed by atoms with E-state index in [4.69, 9.17) is 0 Å². The van der Waals surface area contributed by atoms with Gasteiger partial charge in [0.1, 0.15) is 0 Å². The van der Waals surface area contributed by atoms with Crippen LogP contribution in [0.5, 0.6) is 0 Å². The van der Waals surface area contributed by atoms with Crippen molar-refractivity contribution in [2.45, 2.75) is 46.0 Å². The lowest BCUT2D eigenvalue weighted by Gasteiger charge is -2.31. The largest absolute Gasteiger partial charge is 0.356 e. The van der Waals surface area contributed by atoms with E-state index in [1.54, 1.807) is 11.8 Å². The minimum atomic E-state index is -3.18. The molecule has 2 aliphatic rings. The van der Waals surface area contributed by atoms with Gasteiger partial charge in [0.25, 0.3) is 0 Å². The van der Waals surface area contributed by atoms with E-state index in [1.165, 1.54) is 30.2 Å². The number of carbonyl (C=O) groups is 1. The highest BCUT2D eigenvalue weighted by atomic mass is 32.2. The van der Waals surface area contributed by atoms with Gasteiger partial charge < -0.3 is 10.2 Å². The third-order valence-electron chi connectivity index (χ3n) is 5.50. The zero-order valence-corrected chi connectivity index (χ0v) is 16.0. The topological polar surface area (TPSA) is 70.9 Å². The first-order valence-corrected chi connectivity index (χ1v) is 11.1. The summed E-state index contributed by atoms with van der Waals surface area (Å²) in [7, 11) is -3.18. The Morgan fingerprint density at radius 3 is 2.62 bits per heavy atom. The molecular weight excluding hydrogens is 326 g/mol. The summed E-state index contributed by atoms with van der Waals surface area (Å²) in [6.07, 6.45) is 5.18. The maximum atomic E-state index is 12.3. The van der Waals surface area contributed by atoms with Crippen LogP contribution in [0.15, 0.2) is 0 Å². The van der Waals surface area contributed by atoms with Gasteiger partial charge in [-0.25, -0.2) is 12.7 Å². The second-order valence-electron chi connectivity index (χ2n) is 7.42. The smallest absolute Gasteiger partial charge is 0.224 e. The summed E-state index contributed by atoms with van der Waals surface area (Å²) < 4.78 is 25.4. The third kappa shape index (κ3) is 5.70. The monoisotopic (exact) mass is 360 g/mol. The highest BCUT2D eigenvalue weighted by molar-refractivity contribution is 7.89. The van der Waals surface area contributed by atoms with E-state index < -0.39 is 10.0 Å². The predicted molar refractivity (Wildman–Crippen MR) is 95.3 cm³/mol. The Morgan fingerprint density at radius 2 is 1.96 bits per heavy atom. The molecule has 2 N–H and O–H groups in total. The first-order valence-electron chi connectivity index (χ1n) is 9.51. The molecule has 0 aromatic rings. The predicted octanol–water partition coefficient (Wildman–Crippen LogP) is -0.131. The third-order valence-corrected chi connectivity index (χ3v) is 7.35. The molecule has 24 heavy (non-hydrogen) atoms. The number of piperidine rings is 2. The van der Waals surface area contributed by atoms with Crippen molar-refractivity contribution in [2.24, 2.45) is 11.8 Å². The van der Waals surface area contributed by atoms with Gasteiger partial charge in [-0.15, -0.1) is 0 Å². The van der Waals surface area contributed by atoms with Crippen LogP contribution in [0.3, 0.4) is 0 Å². The summed E-state index contributed by atoms with van der Waals surface area (Å²) in [4.78, 5) is 14.0. The number of amides is 1. The van der Waals surface area contributed by atoms with E-state index in [9.17, 15) is 13.2 Å². The normalized spacial score (nSPS) is 29.3. The number of quaternary nitrogens is 1. The second-order valence-corrected chi connectivity index (χ2v) is 9.68. The van der Waals surface area contributed by atoms with Crippen molar-refractivity contribution >= 4 is 15.9 Å². The Balaban J connectivity index is 1.67. The van der Waals surface area contributed by atoms with Crippen LogP contribution < -0.4 is 10.2 Å². The van der Waals surface area contributed by atoms with Crippen LogP contribution in [-0.2, 0) is 14.8 Å². The van der Waals surface area contributed by atoms with Crippen molar-refractivity contribution in [3.8, 4) is 0 Å². The fourth-order valence-electron chi connectivity index (χ4n) is 3.71. The lowest BCUT2D eigenvalue weighted by Crippen LogP contribution is -3.13. The van der Waals surface area contributed by atoms with Gasteiger partial charge in [-0.05, 0) is 38.5 Å². The molecule has 0 spiro atoms. The van der Waals surface area contributed by atoms with Gasteiger partial charge in [0, 0.05) is 26.1 Å². The fraction of sp³-hybridized carbons (Fsp3) is 0.941. The van der Waals surface area contributed by atoms with Crippen molar-refractivity contribution < 1.29 is 18.1 Å². The standard InChI is InChI=1S/C17H33N3O3S/c1-3-24(22,23)20-11-4-6-16(14-20)17(21)18-9-5-10-19-12-7-15(2)8-13-19/h15-16H,3-14H2,1-2H3,(H,18,21)/p+1. The molecular formula is C17H34N3O3S+. The molecule has 2 rings (SSSR count). The second kappa shape index (κ2) is 9.15. The molecule has 1 amide bonds. The highest BCUT2D eigenvalue weighted by Crippen LogP contribution is 2.19. The molecule has 0 saturated carbocycles. The van der Waals surface area contributed by atoms with Crippen molar-refractivity contribution in [3.05, 3.63) is 0 Å². The highest BCUT2D eigenvalue weighted by Gasteiger charge is 2.31. The maximum absolute atomic E-state index is 12.3. The molecule has 1 unspecified atom stereocenters. The van der Waals surface area contributed by atoms with Gasteiger partial charge in [0.2, 0.25) is 15.9 Å². The van der Waals surface area contributed by atoms with E-state index in [1.807, 2.05) is 0 Å². The number of rotatable bonds is 7. The molecule has 140 valence electrons. The van der Waals surface area contributed by atoms with Crippen molar-refractivity contribution in [2.75, 3.05) is 45.0 Å². The average molecular weight is 361 g/mol. The summed E-state index contributed by atoms with van der Waals surface area (Å²) >= 11 is 0. The van der Waals surface area contributed by atoms with Crippen molar-refractivity contribution in [1.82, 2.24) is 9.62 Å².